The number of hydrogen-bond donors (Lipinski definition) is 0. The van der Waals surface area contributed by atoms with Gasteiger partial charge in [0.15, 0.2) is 0 Å². The molecule has 2 fully saturated rings. The summed E-state index contributed by atoms with van der Waals surface area (Å²) in [6.45, 7) is 5.84. The molecule has 3 rings (SSSR count). The summed E-state index contributed by atoms with van der Waals surface area (Å²) < 4.78 is 0. The highest BCUT2D eigenvalue weighted by Crippen LogP contribution is 2.32. The van der Waals surface area contributed by atoms with Crippen LogP contribution < -0.4 is 0 Å². The lowest BCUT2D eigenvalue weighted by atomic mass is 10.0. The van der Waals surface area contributed by atoms with Crippen molar-refractivity contribution in [2.75, 3.05) is 26.2 Å². The van der Waals surface area contributed by atoms with E-state index in [9.17, 15) is 4.79 Å². The van der Waals surface area contributed by atoms with Gasteiger partial charge in [-0.3, -0.25) is 9.69 Å². The molecular formula is C16H24N2OS. The van der Waals surface area contributed by atoms with E-state index in [0.29, 0.717) is 24.4 Å². The monoisotopic (exact) mass is 292 g/mol. The van der Waals surface area contributed by atoms with Crippen LogP contribution in [-0.2, 0) is 4.79 Å². The van der Waals surface area contributed by atoms with E-state index in [0.717, 1.165) is 19.6 Å². The van der Waals surface area contributed by atoms with Gasteiger partial charge in [0.1, 0.15) is 0 Å². The lowest BCUT2D eigenvalue weighted by Gasteiger charge is -2.33. The number of carbonyl (C=O) groups is 1. The van der Waals surface area contributed by atoms with Gasteiger partial charge in [0, 0.05) is 19.1 Å². The lowest BCUT2D eigenvalue weighted by Crippen LogP contribution is -2.44. The van der Waals surface area contributed by atoms with Crippen molar-refractivity contribution in [1.29, 1.82) is 0 Å². The summed E-state index contributed by atoms with van der Waals surface area (Å²) in [5, 5.41) is 4.37. The molecule has 0 N–H and O–H groups in total. The maximum atomic E-state index is 12.5. The number of piperidine rings is 1. The molecule has 1 aromatic rings. The lowest BCUT2D eigenvalue weighted by molar-refractivity contribution is -0.134. The molecule has 3 nitrogen and oxygen atoms in total. The Balaban J connectivity index is 1.60. The zero-order chi connectivity index (χ0) is 13.9. The highest BCUT2D eigenvalue weighted by molar-refractivity contribution is 7.07. The minimum atomic E-state index is 0.332. The van der Waals surface area contributed by atoms with Crippen LogP contribution in [0.15, 0.2) is 16.8 Å². The van der Waals surface area contributed by atoms with Gasteiger partial charge in [0.05, 0.1) is 6.54 Å². The second-order valence-corrected chi connectivity index (χ2v) is 7.05. The molecule has 0 aromatic carbocycles. The third kappa shape index (κ3) is 3.07. The Hall–Kier alpha value is -0.870. The number of amides is 1. The van der Waals surface area contributed by atoms with Gasteiger partial charge < -0.3 is 4.90 Å². The van der Waals surface area contributed by atoms with Crippen molar-refractivity contribution in [2.24, 2.45) is 5.92 Å². The van der Waals surface area contributed by atoms with E-state index in [2.05, 4.69) is 33.6 Å². The minimum Gasteiger partial charge on any atom is -0.341 e. The Bertz CT molecular complexity index is 445. The molecule has 1 amide bonds. The SMILES string of the molecule is C[C@@H]1CCCN(C(=O)CN2CCC[C@H]2c2ccsc2)C1. The van der Waals surface area contributed by atoms with Crippen LogP contribution in [-0.4, -0.2) is 41.9 Å². The normalized spacial score (nSPS) is 27.9. The first kappa shape index (κ1) is 14.1. The average molecular weight is 292 g/mol. The Morgan fingerprint density at radius 3 is 2.95 bits per heavy atom. The molecule has 20 heavy (non-hydrogen) atoms. The quantitative estimate of drug-likeness (QED) is 0.854. The molecule has 0 saturated carbocycles. The zero-order valence-corrected chi connectivity index (χ0v) is 13.1. The van der Waals surface area contributed by atoms with Gasteiger partial charge in [0.25, 0.3) is 0 Å². The second kappa shape index (κ2) is 6.27. The molecule has 0 unspecified atom stereocenters. The molecule has 4 heteroatoms. The first-order valence-corrected chi connectivity index (χ1v) is 8.72. The molecule has 0 radical (unpaired) electrons. The second-order valence-electron chi connectivity index (χ2n) is 6.27. The molecule has 3 heterocycles. The molecule has 1 aromatic heterocycles. The van der Waals surface area contributed by atoms with E-state index in [1.165, 1.54) is 31.2 Å². The van der Waals surface area contributed by atoms with E-state index in [-0.39, 0.29) is 0 Å². The number of carbonyl (C=O) groups excluding carboxylic acids is 1. The number of thiophene rings is 1. The molecule has 0 bridgehead atoms. The van der Waals surface area contributed by atoms with Crippen LogP contribution in [0.1, 0.15) is 44.2 Å². The Kier molecular flexibility index (Phi) is 4.41. The zero-order valence-electron chi connectivity index (χ0n) is 12.3. The minimum absolute atomic E-state index is 0.332. The van der Waals surface area contributed by atoms with Crippen LogP contribution in [0.2, 0.25) is 0 Å². The topological polar surface area (TPSA) is 23.6 Å². The van der Waals surface area contributed by atoms with Crippen LogP contribution in [0.25, 0.3) is 0 Å². The molecule has 2 aliphatic heterocycles. The Labute approximate surface area is 125 Å². The maximum absolute atomic E-state index is 12.5. The smallest absolute Gasteiger partial charge is 0.236 e. The van der Waals surface area contributed by atoms with Crippen LogP contribution >= 0.6 is 11.3 Å². The summed E-state index contributed by atoms with van der Waals surface area (Å²) in [6.07, 6.45) is 4.84. The number of nitrogens with zero attached hydrogens (tertiary/aromatic N) is 2. The van der Waals surface area contributed by atoms with Crippen LogP contribution in [0.5, 0.6) is 0 Å². The van der Waals surface area contributed by atoms with Crippen molar-refractivity contribution < 1.29 is 4.79 Å². The maximum Gasteiger partial charge on any atom is 0.236 e. The molecular weight excluding hydrogens is 268 g/mol. The summed E-state index contributed by atoms with van der Waals surface area (Å²) in [6, 6.07) is 2.67. The molecule has 0 spiro atoms. The number of hydrogen-bond acceptors (Lipinski definition) is 3. The first-order chi connectivity index (χ1) is 9.74. The number of likely N-dealkylation sites (tertiary alicyclic amines) is 2. The Morgan fingerprint density at radius 2 is 2.20 bits per heavy atom. The van der Waals surface area contributed by atoms with Crippen LogP contribution in [0.4, 0.5) is 0 Å². The largest absolute Gasteiger partial charge is 0.341 e. The molecule has 2 atom stereocenters. The predicted molar refractivity (Wildman–Crippen MR) is 82.8 cm³/mol. The van der Waals surface area contributed by atoms with Crippen molar-refractivity contribution in [3.63, 3.8) is 0 Å². The van der Waals surface area contributed by atoms with Gasteiger partial charge in [-0.2, -0.15) is 11.3 Å². The summed E-state index contributed by atoms with van der Waals surface area (Å²) in [7, 11) is 0. The van der Waals surface area contributed by atoms with Gasteiger partial charge in [0.2, 0.25) is 5.91 Å². The fourth-order valence-electron chi connectivity index (χ4n) is 3.55. The fourth-order valence-corrected chi connectivity index (χ4v) is 4.25. The highest BCUT2D eigenvalue weighted by Gasteiger charge is 2.30. The van der Waals surface area contributed by atoms with E-state index in [4.69, 9.17) is 0 Å². The van der Waals surface area contributed by atoms with Gasteiger partial charge in [-0.15, -0.1) is 0 Å². The van der Waals surface area contributed by atoms with E-state index >= 15 is 0 Å². The van der Waals surface area contributed by atoms with Crippen molar-refractivity contribution in [3.05, 3.63) is 22.4 Å². The van der Waals surface area contributed by atoms with Gasteiger partial charge in [-0.1, -0.05) is 6.92 Å². The van der Waals surface area contributed by atoms with E-state index in [1.54, 1.807) is 11.3 Å². The first-order valence-electron chi connectivity index (χ1n) is 7.78. The fraction of sp³-hybridized carbons (Fsp3) is 0.688. The number of rotatable bonds is 3. The summed E-state index contributed by atoms with van der Waals surface area (Å²) in [5.41, 5.74) is 1.40. The molecule has 2 saturated heterocycles. The molecule has 2 aliphatic rings. The van der Waals surface area contributed by atoms with E-state index in [1.807, 2.05) is 0 Å². The third-order valence-corrected chi connectivity index (χ3v) is 5.34. The summed E-state index contributed by atoms with van der Waals surface area (Å²) in [4.78, 5) is 17.0. The third-order valence-electron chi connectivity index (χ3n) is 4.64. The van der Waals surface area contributed by atoms with Crippen molar-refractivity contribution in [2.45, 2.75) is 38.6 Å². The van der Waals surface area contributed by atoms with Gasteiger partial charge >= 0.3 is 0 Å². The van der Waals surface area contributed by atoms with Gasteiger partial charge in [-0.05, 0) is 60.5 Å². The average Bonchev–Trinajstić information content (AvgIpc) is 3.08. The van der Waals surface area contributed by atoms with Crippen molar-refractivity contribution in [1.82, 2.24) is 9.80 Å². The summed E-state index contributed by atoms with van der Waals surface area (Å²) >= 11 is 1.75. The standard InChI is InChI=1S/C16H24N2OS/c1-13-4-2-8-18(10-13)16(19)11-17-7-3-5-15(17)14-6-9-20-12-14/h6,9,12-13,15H,2-5,7-8,10-11H2,1H3/t13-,15+/m1/s1. The van der Waals surface area contributed by atoms with Crippen LogP contribution in [0.3, 0.4) is 0 Å². The highest BCUT2D eigenvalue weighted by atomic mass is 32.1. The van der Waals surface area contributed by atoms with Crippen molar-refractivity contribution >= 4 is 17.2 Å². The Morgan fingerprint density at radius 1 is 1.35 bits per heavy atom. The van der Waals surface area contributed by atoms with Crippen LogP contribution in [0, 0.1) is 5.92 Å². The predicted octanol–water partition coefficient (Wildman–Crippen LogP) is 3.14. The van der Waals surface area contributed by atoms with Crippen molar-refractivity contribution in [3.8, 4) is 0 Å². The summed E-state index contributed by atoms with van der Waals surface area (Å²) in [5.74, 6) is 0.998. The van der Waals surface area contributed by atoms with E-state index < -0.39 is 0 Å². The van der Waals surface area contributed by atoms with Gasteiger partial charge in [-0.25, -0.2) is 0 Å². The molecule has 0 aliphatic carbocycles. The molecule has 110 valence electrons.